The number of amides is 2. The van der Waals surface area contributed by atoms with Gasteiger partial charge in [-0.25, -0.2) is 9.18 Å². The molecule has 2 aromatic carbocycles. The molecule has 0 bridgehead atoms. The molecule has 2 amide bonds. The van der Waals surface area contributed by atoms with Gasteiger partial charge in [0, 0.05) is 5.69 Å². The summed E-state index contributed by atoms with van der Waals surface area (Å²) in [7, 11) is 0. The summed E-state index contributed by atoms with van der Waals surface area (Å²) in [4.78, 5) is 20.5. The Morgan fingerprint density at radius 1 is 0.923 bits per heavy atom. The van der Waals surface area contributed by atoms with E-state index in [2.05, 4.69) is 20.6 Å². The molecule has 3 aromatic rings. The Balaban J connectivity index is 1.75. The second-order valence-corrected chi connectivity index (χ2v) is 5.53. The number of ether oxygens (including phenoxy) is 1. The first-order valence-electron chi connectivity index (χ1n) is 7.93. The molecule has 0 aliphatic heterocycles. The van der Waals surface area contributed by atoms with Gasteiger partial charge in [-0.15, -0.1) is 0 Å². The van der Waals surface area contributed by atoms with E-state index in [0.717, 1.165) is 0 Å². The van der Waals surface area contributed by atoms with Crippen LogP contribution < -0.4 is 15.4 Å². The number of rotatable bonds is 4. The molecular weight excluding hydrogens is 335 g/mol. The highest BCUT2D eigenvalue weighted by Gasteiger charge is 2.14. The first-order chi connectivity index (χ1) is 12.5. The molecule has 1 aromatic heterocycles. The van der Waals surface area contributed by atoms with Crippen molar-refractivity contribution in [2.24, 2.45) is 0 Å². The number of aromatic nitrogens is 2. The molecular formula is C19H17FN4O2. The van der Waals surface area contributed by atoms with E-state index in [9.17, 15) is 9.18 Å². The normalized spacial score (nSPS) is 10.3. The van der Waals surface area contributed by atoms with Crippen LogP contribution in [0, 0.1) is 19.7 Å². The molecule has 7 heteroatoms. The van der Waals surface area contributed by atoms with E-state index in [1.807, 2.05) is 18.2 Å². The number of nitrogens with zero attached hydrogens (tertiary/aromatic N) is 2. The second-order valence-electron chi connectivity index (χ2n) is 5.53. The van der Waals surface area contributed by atoms with Gasteiger partial charge in [0.05, 0.1) is 17.1 Å². The quantitative estimate of drug-likeness (QED) is 0.715. The van der Waals surface area contributed by atoms with Gasteiger partial charge in [-0.05, 0) is 38.1 Å². The lowest BCUT2D eigenvalue weighted by Crippen LogP contribution is -2.21. The molecule has 132 valence electrons. The number of urea groups is 1. The summed E-state index contributed by atoms with van der Waals surface area (Å²) in [5.74, 6) is -0.468. The average Bonchev–Trinajstić information content (AvgIpc) is 2.61. The Kier molecular flexibility index (Phi) is 5.07. The van der Waals surface area contributed by atoms with Gasteiger partial charge in [0.15, 0.2) is 11.6 Å². The Hall–Kier alpha value is -3.48. The van der Waals surface area contributed by atoms with Gasteiger partial charge in [0.25, 0.3) is 0 Å². The lowest BCUT2D eigenvalue weighted by Gasteiger charge is -2.13. The summed E-state index contributed by atoms with van der Waals surface area (Å²) in [5.41, 5.74) is 2.15. The van der Waals surface area contributed by atoms with Gasteiger partial charge in [-0.1, -0.05) is 30.3 Å². The standard InChI is InChI=1S/C19H17FN4O2/c1-12-17(24-18(25)23-14-8-4-3-5-9-14)13(2)22-19(21-12)26-16-11-7-6-10-15(16)20/h3-11H,1-2H3,(H2,23,24,25). The average molecular weight is 352 g/mol. The van der Waals surface area contributed by atoms with E-state index in [4.69, 9.17) is 4.74 Å². The van der Waals surface area contributed by atoms with Crippen LogP contribution in [0.3, 0.4) is 0 Å². The lowest BCUT2D eigenvalue weighted by atomic mass is 10.3. The van der Waals surface area contributed by atoms with Crippen LogP contribution in [0.25, 0.3) is 0 Å². The van der Waals surface area contributed by atoms with Crippen LogP contribution >= 0.6 is 0 Å². The zero-order chi connectivity index (χ0) is 18.5. The monoisotopic (exact) mass is 352 g/mol. The van der Waals surface area contributed by atoms with E-state index < -0.39 is 11.8 Å². The predicted octanol–water partition coefficient (Wildman–Crippen LogP) is 4.67. The molecule has 0 saturated carbocycles. The van der Waals surface area contributed by atoms with Crippen molar-refractivity contribution < 1.29 is 13.9 Å². The molecule has 6 nitrogen and oxygen atoms in total. The summed E-state index contributed by atoms with van der Waals surface area (Å²) in [6, 6.07) is 14.7. The van der Waals surface area contributed by atoms with Crippen molar-refractivity contribution in [3.8, 4) is 11.8 Å². The van der Waals surface area contributed by atoms with E-state index in [1.165, 1.54) is 12.1 Å². The minimum absolute atomic E-state index is 0.0131. The molecule has 0 fully saturated rings. The van der Waals surface area contributed by atoms with Crippen LogP contribution in [-0.4, -0.2) is 16.0 Å². The van der Waals surface area contributed by atoms with Crippen LogP contribution in [0.5, 0.6) is 11.8 Å². The fourth-order valence-corrected chi connectivity index (χ4v) is 2.34. The molecule has 0 radical (unpaired) electrons. The number of para-hydroxylation sites is 2. The third kappa shape index (κ3) is 4.13. The predicted molar refractivity (Wildman–Crippen MR) is 97.1 cm³/mol. The molecule has 26 heavy (non-hydrogen) atoms. The van der Waals surface area contributed by atoms with Crippen molar-refractivity contribution >= 4 is 17.4 Å². The highest BCUT2D eigenvalue weighted by atomic mass is 19.1. The number of nitrogens with one attached hydrogen (secondary N) is 2. The molecule has 3 rings (SSSR count). The maximum absolute atomic E-state index is 13.7. The largest absolute Gasteiger partial charge is 0.421 e. The highest BCUT2D eigenvalue weighted by molar-refractivity contribution is 6.00. The molecule has 0 saturated heterocycles. The van der Waals surface area contributed by atoms with Gasteiger partial charge in [0.1, 0.15) is 0 Å². The van der Waals surface area contributed by atoms with Gasteiger partial charge in [0.2, 0.25) is 0 Å². The summed E-state index contributed by atoms with van der Waals surface area (Å²) in [6.45, 7) is 3.42. The molecule has 1 heterocycles. The minimum atomic E-state index is -0.504. The fourth-order valence-electron chi connectivity index (χ4n) is 2.34. The Bertz CT molecular complexity index is 909. The van der Waals surface area contributed by atoms with Gasteiger partial charge < -0.3 is 15.4 Å². The number of halogens is 1. The van der Waals surface area contributed by atoms with E-state index in [1.54, 1.807) is 38.1 Å². The number of anilines is 2. The molecule has 2 N–H and O–H groups in total. The summed E-state index contributed by atoms with van der Waals surface area (Å²) in [6.07, 6.45) is 0. The first-order valence-corrected chi connectivity index (χ1v) is 7.93. The molecule has 0 aliphatic rings. The number of aryl methyl sites for hydroxylation is 2. The highest BCUT2D eigenvalue weighted by Crippen LogP contribution is 2.25. The minimum Gasteiger partial charge on any atom is -0.421 e. The van der Waals surface area contributed by atoms with Crippen LogP contribution in [0.2, 0.25) is 0 Å². The zero-order valence-electron chi connectivity index (χ0n) is 14.3. The molecule has 0 aliphatic carbocycles. The van der Waals surface area contributed by atoms with Crippen LogP contribution in [0.4, 0.5) is 20.6 Å². The maximum Gasteiger partial charge on any atom is 0.323 e. The topological polar surface area (TPSA) is 76.1 Å². The third-order valence-corrected chi connectivity index (χ3v) is 3.56. The number of hydrogen-bond acceptors (Lipinski definition) is 4. The van der Waals surface area contributed by atoms with E-state index in [-0.39, 0.29) is 11.8 Å². The van der Waals surface area contributed by atoms with Gasteiger partial charge in [-0.3, -0.25) is 0 Å². The van der Waals surface area contributed by atoms with Crippen LogP contribution in [-0.2, 0) is 0 Å². The third-order valence-electron chi connectivity index (χ3n) is 3.56. The smallest absolute Gasteiger partial charge is 0.323 e. The maximum atomic E-state index is 13.7. The number of carbonyl (C=O) groups is 1. The van der Waals surface area contributed by atoms with Gasteiger partial charge >= 0.3 is 12.0 Å². The Morgan fingerprint density at radius 2 is 1.54 bits per heavy atom. The van der Waals surface area contributed by atoms with Crippen molar-refractivity contribution in [1.29, 1.82) is 0 Å². The Labute approximate surface area is 150 Å². The second kappa shape index (κ2) is 7.60. The lowest BCUT2D eigenvalue weighted by molar-refractivity contribution is 0.262. The first kappa shape index (κ1) is 17.3. The van der Waals surface area contributed by atoms with E-state index >= 15 is 0 Å². The number of carbonyl (C=O) groups excluding carboxylic acids is 1. The van der Waals surface area contributed by atoms with Gasteiger partial charge in [-0.2, -0.15) is 9.97 Å². The van der Waals surface area contributed by atoms with Crippen LogP contribution in [0.1, 0.15) is 11.4 Å². The number of hydrogen-bond donors (Lipinski definition) is 2. The summed E-state index contributed by atoms with van der Waals surface area (Å²) >= 11 is 0. The van der Waals surface area contributed by atoms with Crippen molar-refractivity contribution in [1.82, 2.24) is 9.97 Å². The summed E-state index contributed by atoms with van der Waals surface area (Å²) in [5, 5.41) is 5.45. The van der Waals surface area contributed by atoms with Crippen molar-refractivity contribution in [3.05, 3.63) is 71.8 Å². The van der Waals surface area contributed by atoms with E-state index in [0.29, 0.717) is 22.8 Å². The molecule has 0 spiro atoms. The fraction of sp³-hybridized carbons (Fsp3) is 0.105. The molecule has 0 atom stereocenters. The summed E-state index contributed by atoms with van der Waals surface area (Å²) < 4.78 is 19.1. The van der Waals surface area contributed by atoms with Crippen LogP contribution in [0.15, 0.2) is 54.6 Å². The molecule has 0 unspecified atom stereocenters. The number of benzene rings is 2. The zero-order valence-corrected chi connectivity index (χ0v) is 14.3. The SMILES string of the molecule is Cc1nc(Oc2ccccc2F)nc(C)c1NC(=O)Nc1ccccc1. The van der Waals surface area contributed by atoms with Crippen molar-refractivity contribution in [2.75, 3.05) is 10.6 Å². The van der Waals surface area contributed by atoms with Crippen molar-refractivity contribution in [3.63, 3.8) is 0 Å². The van der Waals surface area contributed by atoms with Crippen molar-refractivity contribution in [2.45, 2.75) is 13.8 Å². The Morgan fingerprint density at radius 3 is 2.19 bits per heavy atom.